The Kier molecular flexibility index (Phi) is 7.56. The van der Waals surface area contributed by atoms with E-state index in [0.29, 0.717) is 0 Å². The first kappa shape index (κ1) is 24.9. The van der Waals surface area contributed by atoms with Gasteiger partial charge in [-0.15, -0.1) is 0 Å². The summed E-state index contributed by atoms with van der Waals surface area (Å²) in [5.41, 5.74) is 0.0138. The third-order valence-corrected chi connectivity index (χ3v) is 6.42. The predicted molar refractivity (Wildman–Crippen MR) is 127 cm³/mol. The lowest BCUT2D eigenvalue weighted by atomic mass is 10.1. The number of anilines is 1. The Morgan fingerprint density at radius 1 is 1.24 bits per heavy atom. The van der Waals surface area contributed by atoms with Gasteiger partial charge < -0.3 is 4.42 Å². The van der Waals surface area contributed by atoms with Crippen LogP contribution in [0, 0.1) is 11.3 Å². The largest absolute Gasteiger partial charge is 0.460 e. The van der Waals surface area contributed by atoms with Gasteiger partial charge >= 0.3 is 0 Å². The van der Waals surface area contributed by atoms with Gasteiger partial charge in [0.2, 0.25) is 10.0 Å². The minimum atomic E-state index is -3.58. The molecule has 3 rings (SSSR count). The fourth-order valence-corrected chi connectivity index (χ4v) is 4.55. The summed E-state index contributed by atoms with van der Waals surface area (Å²) in [4.78, 5) is 26.6. The summed E-state index contributed by atoms with van der Waals surface area (Å²) < 4.78 is 30.6. The molecule has 0 bridgehead atoms. The number of halogens is 2. The number of sulfonamides is 1. The van der Waals surface area contributed by atoms with Crippen molar-refractivity contribution >= 4 is 74.1 Å². The number of hydrogen-bond acceptors (Lipinski definition) is 7. The molecule has 1 fully saturated rings. The summed E-state index contributed by atoms with van der Waals surface area (Å²) in [7, 11) is -3.58. The first-order valence-corrected chi connectivity index (χ1v) is 12.3. The third kappa shape index (κ3) is 5.98. The average Bonchev–Trinajstić information content (AvgIpc) is 3.14. The molecule has 1 aromatic carbocycles. The van der Waals surface area contributed by atoms with Crippen molar-refractivity contribution in [2.75, 3.05) is 17.7 Å². The molecule has 9 nitrogen and oxygen atoms in total. The molecule has 172 valence electrons. The van der Waals surface area contributed by atoms with E-state index in [1.807, 2.05) is 6.07 Å². The number of amides is 2. The van der Waals surface area contributed by atoms with Crippen LogP contribution in [0.2, 0.25) is 10.0 Å². The van der Waals surface area contributed by atoms with E-state index in [9.17, 15) is 18.0 Å². The molecule has 2 aromatic rings. The van der Waals surface area contributed by atoms with Crippen LogP contribution in [-0.2, 0) is 26.2 Å². The van der Waals surface area contributed by atoms with Crippen molar-refractivity contribution in [2.45, 2.75) is 13.0 Å². The second-order valence-corrected chi connectivity index (χ2v) is 10.1. The summed E-state index contributed by atoms with van der Waals surface area (Å²) in [6.45, 7) is -0.108. The molecule has 0 saturated carbocycles. The number of nitriles is 1. The van der Waals surface area contributed by atoms with Crippen LogP contribution in [0.4, 0.5) is 5.69 Å². The van der Waals surface area contributed by atoms with Crippen molar-refractivity contribution in [3.05, 3.63) is 57.5 Å². The zero-order valence-electron chi connectivity index (χ0n) is 17.0. The number of carbonyl (C=O) groups is 2. The number of hydrogen-bond donors (Lipinski definition) is 1. The van der Waals surface area contributed by atoms with E-state index < -0.39 is 21.8 Å². The molecule has 2 amide bonds. The average molecular weight is 527 g/mol. The van der Waals surface area contributed by atoms with E-state index >= 15 is 0 Å². The standard InChI is InChI=1S/C20H16Cl2N4O5S2/c1-33(29,30)25(6-2-5-23)11-16-4-3-15(31-16)10-17-18(27)24-20(32)26(19(17)28)14-8-12(21)7-13(22)9-14/h3-4,7-10H,2,6,11H2,1H3,(H,24,27,32)/b17-10-. The van der Waals surface area contributed by atoms with E-state index in [-0.39, 0.29) is 57.4 Å². The molecule has 0 spiro atoms. The highest BCUT2D eigenvalue weighted by molar-refractivity contribution is 7.88. The van der Waals surface area contributed by atoms with Crippen molar-refractivity contribution in [1.29, 1.82) is 5.26 Å². The summed E-state index contributed by atoms with van der Waals surface area (Å²) >= 11 is 17.2. The molecule has 0 radical (unpaired) electrons. The van der Waals surface area contributed by atoms with E-state index in [4.69, 9.17) is 45.1 Å². The van der Waals surface area contributed by atoms with Crippen LogP contribution in [0.1, 0.15) is 17.9 Å². The topological polar surface area (TPSA) is 124 Å². The molecular formula is C20H16Cl2N4O5S2. The Labute approximate surface area is 205 Å². The second-order valence-electron chi connectivity index (χ2n) is 6.89. The van der Waals surface area contributed by atoms with Crippen LogP contribution in [0.25, 0.3) is 6.08 Å². The summed E-state index contributed by atoms with van der Waals surface area (Å²) in [5, 5.41) is 11.6. The number of thiocarbonyl (C=S) groups is 1. The first-order chi connectivity index (χ1) is 15.5. The second kappa shape index (κ2) is 10.0. The van der Waals surface area contributed by atoms with E-state index in [0.717, 1.165) is 15.5 Å². The van der Waals surface area contributed by atoms with Crippen LogP contribution < -0.4 is 10.2 Å². The SMILES string of the molecule is CS(=O)(=O)N(CCC#N)Cc1ccc(/C=C2/C(=O)NC(=S)N(c3cc(Cl)cc(Cl)c3)C2=O)o1. The molecule has 1 saturated heterocycles. The van der Waals surface area contributed by atoms with Crippen LogP contribution in [-0.4, -0.2) is 42.5 Å². The van der Waals surface area contributed by atoms with Gasteiger partial charge in [-0.05, 0) is 48.6 Å². The van der Waals surface area contributed by atoms with Crippen LogP contribution in [0.5, 0.6) is 0 Å². The molecule has 2 heterocycles. The van der Waals surface area contributed by atoms with E-state index in [1.165, 1.54) is 36.4 Å². The fourth-order valence-electron chi connectivity index (χ4n) is 2.97. The Balaban J connectivity index is 1.89. The lowest BCUT2D eigenvalue weighted by Gasteiger charge is -2.29. The van der Waals surface area contributed by atoms with Crippen LogP contribution in [0.3, 0.4) is 0 Å². The van der Waals surface area contributed by atoms with E-state index in [2.05, 4.69) is 5.32 Å². The molecule has 13 heteroatoms. The molecule has 1 aliphatic heterocycles. The van der Waals surface area contributed by atoms with Crippen LogP contribution >= 0.6 is 35.4 Å². The number of furan rings is 1. The van der Waals surface area contributed by atoms with Crippen molar-refractivity contribution < 1.29 is 22.4 Å². The monoisotopic (exact) mass is 526 g/mol. The lowest BCUT2D eigenvalue weighted by Crippen LogP contribution is -2.54. The fraction of sp³-hybridized carbons (Fsp3) is 0.200. The predicted octanol–water partition coefficient (Wildman–Crippen LogP) is 3.09. The first-order valence-electron chi connectivity index (χ1n) is 9.28. The van der Waals surface area contributed by atoms with Crippen molar-refractivity contribution in [3.63, 3.8) is 0 Å². The molecule has 0 atom stereocenters. The summed E-state index contributed by atoms with van der Waals surface area (Å²) in [5.74, 6) is -1.03. The molecule has 1 aliphatic rings. The molecule has 0 unspecified atom stereocenters. The van der Waals surface area contributed by atoms with Gasteiger partial charge in [0, 0.05) is 23.0 Å². The zero-order valence-corrected chi connectivity index (χ0v) is 20.2. The van der Waals surface area contributed by atoms with Gasteiger partial charge in [0.05, 0.1) is 24.6 Å². The third-order valence-electron chi connectivity index (χ3n) is 4.45. The number of carbonyl (C=O) groups excluding carboxylic acids is 2. The van der Waals surface area contributed by atoms with Gasteiger partial charge in [0.15, 0.2) is 5.11 Å². The number of nitrogens with zero attached hydrogens (tertiary/aromatic N) is 3. The quantitative estimate of drug-likeness (QED) is 0.334. The maximum Gasteiger partial charge on any atom is 0.270 e. The van der Waals surface area contributed by atoms with Gasteiger partial charge in [0.25, 0.3) is 11.8 Å². The summed E-state index contributed by atoms with van der Waals surface area (Å²) in [6, 6.07) is 9.32. The molecule has 0 aliphatic carbocycles. The molecule has 1 aromatic heterocycles. The molecular weight excluding hydrogens is 511 g/mol. The molecule has 33 heavy (non-hydrogen) atoms. The van der Waals surface area contributed by atoms with E-state index in [1.54, 1.807) is 0 Å². The van der Waals surface area contributed by atoms with Crippen molar-refractivity contribution in [3.8, 4) is 6.07 Å². The maximum absolute atomic E-state index is 13.1. The van der Waals surface area contributed by atoms with Gasteiger partial charge in [-0.2, -0.15) is 9.57 Å². The van der Waals surface area contributed by atoms with Gasteiger partial charge in [-0.25, -0.2) is 8.42 Å². The Morgan fingerprint density at radius 2 is 1.91 bits per heavy atom. The van der Waals surface area contributed by atoms with Gasteiger partial charge in [-0.3, -0.25) is 19.8 Å². The van der Waals surface area contributed by atoms with Gasteiger partial charge in [0.1, 0.15) is 17.1 Å². The minimum absolute atomic E-state index is 0.00193. The molecule has 1 N–H and O–H groups in total. The minimum Gasteiger partial charge on any atom is -0.460 e. The normalized spacial score (nSPS) is 15.8. The lowest BCUT2D eigenvalue weighted by molar-refractivity contribution is -0.122. The highest BCUT2D eigenvalue weighted by atomic mass is 35.5. The Hall–Kier alpha value is -2.75. The van der Waals surface area contributed by atoms with Crippen molar-refractivity contribution in [1.82, 2.24) is 9.62 Å². The van der Waals surface area contributed by atoms with Crippen molar-refractivity contribution in [2.24, 2.45) is 0 Å². The Morgan fingerprint density at radius 3 is 2.52 bits per heavy atom. The smallest absolute Gasteiger partial charge is 0.270 e. The zero-order chi connectivity index (χ0) is 24.3. The van der Waals surface area contributed by atoms with Crippen LogP contribution in [0.15, 0.2) is 40.3 Å². The van der Waals surface area contributed by atoms with Gasteiger partial charge in [-0.1, -0.05) is 23.2 Å². The highest BCUT2D eigenvalue weighted by Gasteiger charge is 2.35. The highest BCUT2D eigenvalue weighted by Crippen LogP contribution is 2.28. The Bertz CT molecular complexity index is 1290. The summed E-state index contributed by atoms with van der Waals surface area (Å²) in [6.07, 6.45) is 2.27. The number of benzene rings is 1. The number of nitrogens with one attached hydrogen (secondary N) is 1. The number of rotatable bonds is 7. The maximum atomic E-state index is 13.1.